The number of nitrogens with one attached hydrogen (secondary N) is 1. The molecule has 0 aromatic heterocycles. The molecular formula is C19H28N2O3. The topological polar surface area (TPSA) is 69.6 Å². The summed E-state index contributed by atoms with van der Waals surface area (Å²) in [7, 11) is 0. The first-order chi connectivity index (χ1) is 11.5. The predicted octanol–water partition coefficient (Wildman–Crippen LogP) is 2.45. The quantitative estimate of drug-likeness (QED) is 0.767. The maximum atomic E-state index is 12.4. The zero-order valence-corrected chi connectivity index (χ0v) is 14.6. The average molecular weight is 332 g/mol. The van der Waals surface area contributed by atoms with Crippen LogP contribution in [0, 0.1) is 0 Å². The van der Waals surface area contributed by atoms with Gasteiger partial charge >= 0.3 is 5.97 Å². The fraction of sp³-hybridized carbons (Fsp3) is 0.579. The summed E-state index contributed by atoms with van der Waals surface area (Å²) < 4.78 is 0. The summed E-state index contributed by atoms with van der Waals surface area (Å²) in [6, 6.07) is 10.6. The fourth-order valence-electron chi connectivity index (χ4n) is 3.42. The van der Waals surface area contributed by atoms with Gasteiger partial charge in [-0.2, -0.15) is 0 Å². The van der Waals surface area contributed by atoms with Gasteiger partial charge in [-0.15, -0.1) is 0 Å². The summed E-state index contributed by atoms with van der Waals surface area (Å²) in [6.45, 7) is 4.70. The Bertz CT molecular complexity index is 537. The van der Waals surface area contributed by atoms with E-state index in [1.54, 1.807) is 0 Å². The van der Waals surface area contributed by atoms with Gasteiger partial charge in [-0.1, -0.05) is 30.3 Å². The SMILES string of the molecule is CC1CCC(C)N1CC(=O)NC(CCC(=O)O)Cc1ccccc1. The third-order valence-corrected chi connectivity index (χ3v) is 4.86. The number of aliphatic carboxylic acids is 1. The fourth-order valence-corrected chi connectivity index (χ4v) is 3.42. The summed E-state index contributed by atoms with van der Waals surface area (Å²) in [5, 5.41) is 12.0. The van der Waals surface area contributed by atoms with E-state index >= 15 is 0 Å². The molecule has 0 radical (unpaired) electrons. The molecule has 2 rings (SSSR count). The van der Waals surface area contributed by atoms with Crippen LogP contribution in [0.2, 0.25) is 0 Å². The molecule has 1 heterocycles. The molecule has 1 fully saturated rings. The second-order valence-electron chi connectivity index (χ2n) is 6.83. The largest absolute Gasteiger partial charge is 0.481 e. The first-order valence-corrected chi connectivity index (χ1v) is 8.76. The van der Waals surface area contributed by atoms with Crippen LogP contribution in [0.3, 0.4) is 0 Å². The van der Waals surface area contributed by atoms with E-state index in [-0.39, 0.29) is 18.4 Å². The standard InChI is InChI=1S/C19H28N2O3/c1-14-8-9-15(2)21(14)13-18(22)20-17(10-11-19(23)24)12-16-6-4-3-5-7-16/h3-7,14-15,17H,8-13H2,1-2H3,(H,20,22)(H,23,24). The molecule has 132 valence electrons. The molecule has 24 heavy (non-hydrogen) atoms. The van der Waals surface area contributed by atoms with Crippen molar-refractivity contribution in [2.75, 3.05) is 6.54 Å². The first-order valence-electron chi connectivity index (χ1n) is 8.76. The van der Waals surface area contributed by atoms with Gasteiger partial charge in [0.25, 0.3) is 0 Å². The van der Waals surface area contributed by atoms with Crippen molar-refractivity contribution in [3.8, 4) is 0 Å². The number of nitrogens with zero attached hydrogens (tertiary/aromatic N) is 1. The van der Waals surface area contributed by atoms with E-state index < -0.39 is 5.97 Å². The summed E-state index contributed by atoms with van der Waals surface area (Å²) in [5.74, 6) is -0.842. The van der Waals surface area contributed by atoms with Crippen LogP contribution in [0.25, 0.3) is 0 Å². The van der Waals surface area contributed by atoms with Gasteiger partial charge in [-0.25, -0.2) is 0 Å². The Balaban J connectivity index is 1.93. The first kappa shape index (κ1) is 18.5. The molecule has 0 saturated carbocycles. The highest BCUT2D eigenvalue weighted by molar-refractivity contribution is 5.78. The van der Waals surface area contributed by atoms with Crippen LogP contribution in [-0.4, -0.2) is 46.6 Å². The zero-order chi connectivity index (χ0) is 17.5. The Hall–Kier alpha value is -1.88. The highest BCUT2D eigenvalue weighted by atomic mass is 16.4. The maximum absolute atomic E-state index is 12.4. The molecule has 1 aromatic rings. The molecule has 1 aliphatic rings. The normalized spacial score (nSPS) is 22.2. The van der Waals surface area contributed by atoms with Gasteiger partial charge in [0.05, 0.1) is 6.54 Å². The molecule has 3 unspecified atom stereocenters. The molecule has 3 atom stereocenters. The molecule has 1 aliphatic heterocycles. The Morgan fingerprint density at radius 1 is 1.21 bits per heavy atom. The van der Waals surface area contributed by atoms with Crippen molar-refractivity contribution >= 4 is 11.9 Å². The molecule has 0 bridgehead atoms. The van der Waals surface area contributed by atoms with Gasteiger partial charge in [0, 0.05) is 24.5 Å². The van der Waals surface area contributed by atoms with Gasteiger partial charge in [0.15, 0.2) is 0 Å². The average Bonchev–Trinajstić information content (AvgIpc) is 2.85. The van der Waals surface area contributed by atoms with Crippen LogP contribution in [0.1, 0.15) is 45.1 Å². The molecule has 0 spiro atoms. The van der Waals surface area contributed by atoms with E-state index in [0.29, 0.717) is 31.5 Å². The lowest BCUT2D eigenvalue weighted by Crippen LogP contribution is -2.45. The second kappa shape index (κ2) is 8.83. The van der Waals surface area contributed by atoms with Crippen LogP contribution in [-0.2, 0) is 16.0 Å². The van der Waals surface area contributed by atoms with E-state index in [1.807, 2.05) is 30.3 Å². The van der Waals surface area contributed by atoms with Gasteiger partial charge in [0.1, 0.15) is 0 Å². The Labute approximate surface area is 144 Å². The van der Waals surface area contributed by atoms with E-state index in [0.717, 1.165) is 18.4 Å². The number of rotatable bonds is 8. The minimum atomic E-state index is -0.830. The highest BCUT2D eigenvalue weighted by Crippen LogP contribution is 2.22. The lowest BCUT2D eigenvalue weighted by atomic mass is 10.0. The Kier molecular flexibility index (Phi) is 6.79. The lowest BCUT2D eigenvalue weighted by Gasteiger charge is -2.26. The Morgan fingerprint density at radius 2 is 1.83 bits per heavy atom. The van der Waals surface area contributed by atoms with Crippen LogP contribution in [0.4, 0.5) is 0 Å². The van der Waals surface area contributed by atoms with Gasteiger partial charge in [-0.3, -0.25) is 14.5 Å². The highest BCUT2D eigenvalue weighted by Gasteiger charge is 2.29. The number of carbonyl (C=O) groups excluding carboxylic acids is 1. The summed E-state index contributed by atoms with van der Waals surface area (Å²) >= 11 is 0. The molecule has 1 aromatic carbocycles. The molecule has 1 saturated heterocycles. The number of hydrogen-bond acceptors (Lipinski definition) is 3. The van der Waals surface area contributed by atoms with Crippen molar-refractivity contribution in [2.45, 2.75) is 64.1 Å². The number of carbonyl (C=O) groups is 2. The molecule has 0 aliphatic carbocycles. The van der Waals surface area contributed by atoms with Crippen molar-refractivity contribution in [2.24, 2.45) is 0 Å². The lowest BCUT2D eigenvalue weighted by molar-refractivity contribution is -0.137. The van der Waals surface area contributed by atoms with E-state index in [9.17, 15) is 9.59 Å². The number of benzene rings is 1. The second-order valence-corrected chi connectivity index (χ2v) is 6.83. The Morgan fingerprint density at radius 3 is 2.42 bits per heavy atom. The van der Waals surface area contributed by atoms with Crippen molar-refractivity contribution < 1.29 is 14.7 Å². The van der Waals surface area contributed by atoms with Crippen molar-refractivity contribution in [3.63, 3.8) is 0 Å². The van der Waals surface area contributed by atoms with Crippen LogP contribution < -0.4 is 5.32 Å². The molecule has 1 amide bonds. The van der Waals surface area contributed by atoms with E-state index in [1.165, 1.54) is 0 Å². The van der Waals surface area contributed by atoms with Crippen LogP contribution in [0.15, 0.2) is 30.3 Å². The maximum Gasteiger partial charge on any atom is 0.303 e. The summed E-state index contributed by atoms with van der Waals surface area (Å²) in [5.41, 5.74) is 1.11. The van der Waals surface area contributed by atoms with E-state index in [2.05, 4.69) is 24.1 Å². The minimum Gasteiger partial charge on any atom is -0.481 e. The monoisotopic (exact) mass is 332 g/mol. The number of hydrogen-bond donors (Lipinski definition) is 2. The third-order valence-electron chi connectivity index (χ3n) is 4.86. The smallest absolute Gasteiger partial charge is 0.303 e. The minimum absolute atomic E-state index is 0.0121. The molecule has 5 heteroatoms. The van der Waals surface area contributed by atoms with Crippen LogP contribution >= 0.6 is 0 Å². The summed E-state index contributed by atoms with van der Waals surface area (Å²) in [4.78, 5) is 25.5. The number of carboxylic acids is 1. The molecular weight excluding hydrogens is 304 g/mol. The van der Waals surface area contributed by atoms with Gasteiger partial charge in [0.2, 0.25) is 5.91 Å². The van der Waals surface area contributed by atoms with Gasteiger partial charge < -0.3 is 10.4 Å². The van der Waals surface area contributed by atoms with Crippen molar-refractivity contribution in [3.05, 3.63) is 35.9 Å². The van der Waals surface area contributed by atoms with Crippen molar-refractivity contribution in [1.82, 2.24) is 10.2 Å². The third kappa shape index (κ3) is 5.64. The van der Waals surface area contributed by atoms with Crippen LogP contribution in [0.5, 0.6) is 0 Å². The predicted molar refractivity (Wildman–Crippen MR) is 93.8 cm³/mol. The molecule has 5 nitrogen and oxygen atoms in total. The van der Waals surface area contributed by atoms with E-state index in [4.69, 9.17) is 5.11 Å². The number of likely N-dealkylation sites (tertiary alicyclic amines) is 1. The summed E-state index contributed by atoms with van der Waals surface area (Å²) in [6.07, 6.45) is 3.42. The zero-order valence-electron chi connectivity index (χ0n) is 14.6. The molecule has 2 N–H and O–H groups in total. The number of amides is 1. The van der Waals surface area contributed by atoms with Gasteiger partial charge in [-0.05, 0) is 45.1 Å². The van der Waals surface area contributed by atoms with Crippen molar-refractivity contribution in [1.29, 1.82) is 0 Å². The number of carboxylic acid groups (broad SMARTS) is 1.